The first kappa shape index (κ1) is 30.3. The molecule has 1 aromatic heterocycles. The highest BCUT2D eigenvalue weighted by Crippen LogP contribution is 2.22. The summed E-state index contributed by atoms with van der Waals surface area (Å²) in [6.45, 7) is 3.59. The summed E-state index contributed by atoms with van der Waals surface area (Å²) < 4.78 is 5.02. The van der Waals surface area contributed by atoms with Crippen LogP contribution < -0.4 is 10.3 Å². The number of aliphatic carboxylic acids is 1. The third-order valence-electron chi connectivity index (χ3n) is 6.30. The van der Waals surface area contributed by atoms with Crippen molar-refractivity contribution in [2.24, 2.45) is 5.10 Å². The largest absolute Gasteiger partial charge is 0.481 e. The van der Waals surface area contributed by atoms with Gasteiger partial charge in [0.15, 0.2) is 11.6 Å². The average molecular weight is 574 g/mol. The number of nitrogens with one attached hydrogen (secondary N) is 1. The second kappa shape index (κ2) is 14.2. The van der Waals surface area contributed by atoms with E-state index in [9.17, 15) is 24.3 Å². The van der Waals surface area contributed by atoms with Crippen molar-refractivity contribution in [3.05, 3.63) is 42.1 Å². The number of ether oxygens (including phenoxy) is 1. The standard InChI is InChI=1S/C26H31N7O6.ClH/c1-2-39-26(38)32-15-13-31(14-16-32)25(37)19(9-10-22(34)35)29-24(36)20-17-21(33-12-6-11-27-33)30-23(28-20)18-7-4-3-5-8-18;/h3-5,7-8,11,17,19H,2,6,9-10,12-16H2,1H3,(H,29,36)(H,34,35);1H. The van der Waals surface area contributed by atoms with Gasteiger partial charge in [-0.15, -0.1) is 12.4 Å². The van der Waals surface area contributed by atoms with E-state index in [4.69, 9.17) is 4.74 Å². The Morgan fingerprint density at radius 2 is 1.73 bits per heavy atom. The van der Waals surface area contributed by atoms with Gasteiger partial charge in [-0.2, -0.15) is 5.10 Å². The number of hydrogen-bond acceptors (Lipinski definition) is 9. The van der Waals surface area contributed by atoms with Crippen LogP contribution >= 0.6 is 12.4 Å². The number of aromatic nitrogens is 2. The van der Waals surface area contributed by atoms with Crippen LogP contribution in [0.25, 0.3) is 11.4 Å². The average Bonchev–Trinajstić information content (AvgIpc) is 3.50. The number of amides is 3. The number of rotatable bonds is 9. The third kappa shape index (κ3) is 7.65. The molecule has 40 heavy (non-hydrogen) atoms. The number of hydrogen-bond donors (Lipinski definition) is 2. The van der Waals surface area contributed by atoms with E-state index in [1.165, 1.54) is 15.9 Å². The van der Waals surface area contributed by atoms with Gasteiger partial charge in [0.25, 0.3) is 5.91 Å². The zero-order valence-electron chi connectivity index (χ0n) is 22.1. The fourth-order valence-corrected chi connectivity index (χ4v) is 4.27. The van der Waals surface area contributed by atoms with E-state index >= 15 is 0 Å². The molecule has 3 amide bonds. The highest BCUT2D eigenvalue weighted by molar-refractivity contribution is 5.97. The van der Waals surface area contributed by atoms with Gasteiger partial charge in [0, 0.05) is 63.4 Å². The molecule has 1 saturated heterocycles. The number of carbonyl (C=O) groups is 4. The molecule has 3 heterocycles. The Labute approximate surface area is 237 Å². The molecular formula is C26H32ClN7O6. The summed E-state index contributed by atoms with van der Waals surface area (Å²) in [6.07, 6.45) is 1.63. The Morgan fingerprint density at radius 1 is 1.02 bits per heavy atom. The quantitative estimate of drug-likeness (QED) is 0.458. The Morgan fingerprint density at radius 3 is 2.35 bits per heavy atom. The molecule has 14 heteroatoms. The lowest BCUT2D eigenvalue weighted by molar-refractivity contribution is -0.138. The van der Waals surface area contributed by atoms with E-state index in [0.717, 1.165) is 6.42 Å². The van der Waals surface area contributed by atoms with Crippen LogP contribution in [-0.2, 0) is 14.3 Å². The monoisotopic (exact) mass is 573 g/mol. The topological polar surface area (TPSA) is 158 Å². The summed E-state index contributed by atoms with van der Waals surface area (Å²) in [5.41, 5.74) is 0.732. The van der Waals surface area contributed by atoms with Gasteiger partial charge in [-0.1, -0.05) is 30.3 Å². The summed E-state index contributed by atoms with van der Waals surface area (Å²) in [4.78, 5) is 62.1. The van der Waals surface area contributed by atoms with Gasteiger partial charge in [-0.05, 0) is 13.3 Å². The number of benzene rings is 1. The highest BCUT2D eigenvalue weighted by Gasteiger charge is 2.31. The number of carboxylic acids is 1. The molecule has 2 aromatic rings. The smallest absolute Gasteiger partial charge is 0.409 e. The first-order chi connectivity index (χ1) is 18.9. The van der Waals surface area contributed by atoms with E-state index < -0.39 is 29.9 Å². The predicted octanol–water partition coefficient (Wildman–Crippen LogP) is 2.03. The fraction of sp³-hybridized carbons (Fsp3) is 0.423. The van der Waals surface area contributed by atoms with E-state index in [1.54, 1.807) is 18.1 Å². The molecule has 2 aliphatic rings. The van der Waals surface area contributed by atoms with Crippen molar-refractivity contribution in [2.45, 2.75) is 32.2 Å². The van der Waals surface area contributed by atoms with E-state index in [1.807, 2.05) is 30.3 Å². The van der Waals surface area contributed by atoms with Crippen molar-refractivity contribution in [3.63, 3.8) is 0 Å². The van der Waals surface area contributed by atoms with Crippen LogP contribution in [0.2, 0.25) is 0 Å². The second-order valence-electron chi connectivity index (χ2n) is 8.98. The molecule has 214 valence electrons. The summed E-state index contributed by atoms with van der Waals surface area (Å²) in [5, 5.41) is 17.9. The molecule has 0 spiro atoms. The molecule has 4 rings (SSSR count). The molecule has 0 radical (unpaired) electrons. The maximum Gasteiger partial charge on any atom is 0.409 e. The van der Waals surface area contributed by atoms with E-state index in [0.29, 0.717) is 23.8 Å². The normalized spacial score (nSPS) is 15.3. The van der Waals surface area contributed by atoms with Crippen molar-refractivity contribution in [1.29, 1.82) is 0 Å². The van der Waals surface area contributed by atoms with Crippen LogP contribution in [0, 0.1) is 0 Å². The molecule has 1 atom stereocenters. The van der Waals surface area contributed by atoms with Gasteiger partial charge in [0.1, 0.15) is 11.7 Å². The molecular weight excluding hydrogens is 542 g/mol. The van der Waals surface area contributed by atoms with Crippen LogP contribution in [0.15, 0.2) is 41.5 Å². The summed E-state index contributed by atoms with van der Waals surface area (Å²) in [7, 11) is 0. The number of piperazine rings is 1. The minimum atomic E-state index is -1.09. The Hall–Kier alpha value is -4.26. The minimum absolute atomic E-state index is 0. The number of anilines is 1. The second-order valence-corrected chi connectivity index (χ2v) is 8.98. The van der Waals surface area contributed by atoms with Gasteiger partial charge >= 0.3 is 12.1 Å². The lowest BCUT2D eigenvalue weighted by Gasteiger charge is -2.35. The predicted molar refractivity (Wildman–Crippen MR) is 148 cm³/mol. The summed E-state index contributed by atoms with van der Waals surface area (Å²) >= 11 is 0. The number of hydrazone groups is 1. The third-order valence-corrected chi connectivity index (χ3v) is 6.30. The molecule has 0 saturated carbocycles. The Balaban J connectivity index is 0.00000441. The lowest BCUT2D eigenvalue weighted by atomic mass is 10.1. The highest BCUT2D eigenvalue weighted by atomic mass is 35.5. The first-order valence-corrected chi connectivity index (χ1v) is 12.8. The molecule has 0 bridgehead atoms. The molecule has 13 nitrogen and oxygen atoms in total. The molecule has 0 aliphatic carbocycles. The lowest BCUT2D eigenvalue weighted by Crippen LogP contribution is -2.56. The first-order valence-electron chi connectivity index (χ1n) is 12.8. The van der Waals surface area contributed by atoms with Gasteiger partial charge in [0.2, 0.25) is 5.91 Å². The number of halogens is 1. The number of carboxylic acid groups (broad SMARTS) is 1. The zero-order chi connectivity index (χ0) is 27.8. The summed E-state index contributed by atoms with van der Waals surface area (Å²) in [5.74, 6) is -1.38. The fourth-order valence-electron chi connectivity index (χ4n) is 4.27. The van der Waals surface area contributed by atoms with Crippen molar-refractivity contribution in [1.82, 2.24) is 25.1 Å². The SMILES string of the molecule is CCOC(=O)N1CCN(C(=O)C(CCC(=O)O)NC(=O)c2cc(N3CCC=N3)nc(-c3ccccc3)n2)CC1.Cl. The van der Waals surface area contributed by atoms with Gasteiger partial charge in [0.05, 0.1) is 6.61 Å². The van der Waals surface area contributed by atoms with E-state index in [-0.39, 0.29) is 63.7 Å². The van der Waals surface area contributed by atoms with Gasteiger partial charge in [-0.3, -0.25) is 14.4 Å². The number of carbonyl (C=O) groups excluding carboxylic acids is 3. The molecule has 1 fully saturated rings. The van der Waals surface area contributed by atoms with Crippen LogP contribution in [0.3, 0.4) is 0 Å². The van der Waals surface area contributed by atoms with Crippen molar-refractivity contribution in [2.75, 3.05) is 44.3 Å². The van der Waals surface area contributed by atoms with Crippen molar-refractivity contribution < 1.29 is 29.0 Å². The van der Waals surface area contributed by atoms with Crippen LogP contribution in [0.4, 0.5) is 10.6 Å². The molecule has 2 N–H and O–H groups in total. The zero-order valence-corrected chi connectivity index (χ0v) is 22.9. The Kier molecular flexibility index (Phi) is 10.8. The maximum atomic E-state index is 13.4. The van der Waals surface area contributed by atoms with Crippen LogP contribution in [0.5, 0.6) is 0 Å². The van der Waals surface area contributed by atoms with Gasteiger partial charge < -0.3 is 25.0 Å². The number of nitrogens with zero attached hydrogens (tertiary/aromatic N) is 6. The maximum absolute atomic E-state index is 13.4. The van der Waals surface area contributed by atoms with E-state index in [2.05, 4.69) is 20.4 Å². The Bertz CT molecular complexity index is 1240. The van der Waals surface area contributed by atoms with Crippen LogP contribution in [0.1, 0.15) is 36.7 Å². The summed E-state index contributed by atoms with van der Waals surface area (Å²) in [6, 6.07) is 9.58. The molecule has 1 aromatic carbocycles. The minimum Gasteiger partial charge on any atom is -0.481 e. The molecule has 1 unspecified atom stereocenters. The van der Waals surface area contributed by atoms with Crippen molar-refractivity contribution in [3.8, 4) is 11.4 Å². The van der Waals surface area contributed by atoms with Crippen LogP contribution in [-0.4, -0.2) is 100 Å². The van der Waals surface area contributed by atoms with Crippen molar-refractivity contribution >= 4 is 48.3 Å². The van der Waals surface area contributed by atoms with Gasteiger partial charge in [-0.25, -0.2) is 19.8 Å². The molecule has 2 aliphatic heterocycles.